The van der Waals surface area contributed by atoms with E-state index in [1.807, 2.05) is 13.8 Å². The molecule has 2 rings (SSSR count). The Balaban J connectivity index is 1.97. The maximum Gasteiger partial charge on any atom is 0.408 e. The van der Waals surface area contributed by atoms with Crippen LogP contribution in [0.1, 0.15) is 32.3 Å². The van der Waals surface area contributed by atoms with Crippen LogP contribution in [0.25, 0.3) is 0 Å². The summed E-state index contributed by atoms with van der Waals surface area (Å²) in [4.78, 5) is 38.4. The second-order valence-corrected chi connectivity index (χ2v) is 7.22. The molecular weight excluding hydrogens is 372 g/mol. The average molecular weight is 397 g/mol. The summed E-state index contributed by atoms with van der Waals surface area (Å²) in [7, 11) is 1.30. The Morgan fingerprint density at radius 2 is 1.93 bits per heavy atom. The van der Waals surface area contributed by atoms with Crippen LogP contribution in [0.5, 0.6) is 0 Å². The normalized spacial score (nSPS) is 17.5. The molecule has 1 heterocycles. The van der Waals surface area contributed by atoms with Gasteiger partial charge in [-0.25, -0.2) is 9.59 Å². The Labute approximate surface area is 163 Å². The molecule has 0 aliphatic carbocycles. The molecule has 1 aromatic rings. The van der Waals surface area contributed by atoms with Gasteiger partial charge >= 0.3 is 12.1 Å². The maximum absolute atomic E-state index is 12.9. The highest BCUT2D eigenvalue weighted by atomic mass is 35.5. The van der Waals surface area contributed by atoms with Crippen molar-refractivity contribution in [2.24, 2.45) is 5.92 Å². The molecule has 8 heteroatoms. The summed E-state index contributed by atoms with van der Waals surface area (Å²) in [5.41, 5.74) is 0.785. The van der Waals surface area contributed by atoms with E-state index in [0.29, 0.717) is 18.0 Å². The van der Waals surface area contributed by atoms with Gasteiger partial charge in [0.1, 0.15) is 18.7 Å². The summed E-state index contributed by atoms with van der Waals surface area (Å²) >= 11 is 5.82. The van der Waals surface area contributed by atoms with E-state index < -0.39 is 24.1 Å². The van der Waals surface area contributed by atoms with Crippen molar-refractivity contribution in [1.29, 1.82) is 0 Å². The predicted molar refractivity (Wildman–Crippen MR) is 100 cm³/mol. The van der Waals surface area contributed by atoms with Gasteiger partial charge in [-0.05, 0) is 36.5 Å². The average Bonchev–Trinajstić information content (AvgIpc) is 3.14. The van der Waals surface area contributed by atoms with Gasteiger partial charge in [-0.2, -0.15) is 0 Å². The standard InChI is InChI=1S/C19H25ClN2O5/c1-12(2)16(17(23)22-10-4-5-15(22)18(24)26-3)21-19(25)27-11-13-6-8-14(20)9-7-13/h6-9,12,15-16H,4-5,10-11H2,1-3H3,(H,21,25)/t15-,16-/m0/s1. The zero-order valence-electron chi connectivity index (χ0n) is 15.7. The first-order chi connectivity index (χ1) is 12.8. The number of hydrogen-bond donors (Lipinski definition) is 1. The quantitative estimate of drug-likeness (QED) is 0.747. The molecule has 0 aromatic heterocycles. The Bertz CT molecular complexity index is 677. The van der Waals surface area contributed by atoms with Crippen LogP contribution >= 0.6 is 11.6 Å². The third-order valence-corrected chi connectivity index (χ3v) is 4.75. The first kappa shape index (κ1) is 21.0. The highest BCUT2D eigenvalue weighted by Crippen LogP contribution is 2.21. The van der Waals surface area contributed by atoms with Gasteiger partial charge in [0.25, 0.3) is 0 Å². The highest BCUT2D eigenvalue weighted by molar-refractivity contribution is 6.30. The van der Waals surface area contributed by atoms with Crippen molar-refractivity contribution < 1.29 is 23.9 Å². The third kappa shape index (κ3) is 5.60. The fourth-order valence-corrected chi connectivity index (χ4v) is 3.13. The molecule has 148 valence electrons. The lowest BCUT2D eigenvalue weighted by molar-refractivity contribution is -0.151. The molecule has 27 heavy (non-hydrogen) atoms. The van der Waals surface area contributed by atoms with Gasteiger partial charge in [-0.1, -0.05) is 37.6 Å². The molecule has 1 saturated heterocycles. The molecule has 1 N–H and O–H groups in total. The lowest BCUT2D eigenvalue weighted by Crippen LogP contribution is -2.54. The van der Waals surface area contributed by atoms with Crippen LogP contribution in [0.15, 0.2) is 24.3 Å². The molecular formula is C19H25ClN2O5. The Morgan fingerprint density at radius 1 is 1.26 bits per heavy atom. The Hall–Kier alpha value is -2.28. The fourth-order valence-electron chi connectivity index (χ4n) is 3.00. The number of carbonyl (C=O) groups excluding carboxylic acids is 3. The number of nitrogens with one attached hydrogen (secondary N) is 1. The summed E-state index contributed by atoms with van der Waals surface area (Å²) in [5, 5.41) is 3.22. The zero-order chi connectivity index (χ0) is 20.0. The van der Waals surface area contributed by atoms with Crippen LogP contribution < -0.4 is 5.32 Å². The fraction of sp³-hybridized carbons (Fsp3) is 0.526. The monoisotopic (exact) mass is 396 g/mol. The minimum absolute atomic E-state index is 0.0660. The molecule has 0 spiro atoms. The van der Waals surface area contributed by atoms with Gasteiger partial charge in [-0.15, -0.1) is 0 Å². The molecule has 2 amide bonds. The molecule has 0 bridgehead atoms. The molecule has 0 radical (unpaired) electrons. The maximum atomic E-state index is 12.9. The molecule has 7 nitrogen and oxygen atoms in total. The molecule has 2 atom stereocenters. The van der Waals surface area contributed by atoms with Crippen LogP contribution in [0.2, 0.25) is 5.02 Å². The predicted octanol–water partition coefficient (Wildman–Crippen LogP) is 2.75. The van der Waals surface area contributed by atoms with Crippen molar-refractivity contribution in [1.82, 2.24) is 10.2 Å². The van der Waals surface area contributed by atoms with Crippen LogP contribution in [-0.4, -0.2) is 48.6 Å². The number of alkyl carbamates (subject to hydrolysis) is 1. The van der Waals surface area contributed by atoms with E-state index in [1.54, 1.807) is 24.3 Å². The number of hydrogen-bond acceptors (Lipinski definition) is 5. The second-order valence-electron chi connectivity index (χ2n) is 6.78. The number of carbonyl (C=O) groups is 3. The number of methoxy groups -OCH3 is 1. The minimum Gasteiger partial charge on any atom is -0.467 e. The zero-order valence-corrected chi connectivity index (χ0v) is 16.5. The van der Waals surface area contributed by atoms with Crippen molar-refractivity contribution in [3.63, 3.8) is 0 Å². The van der Waals surface area contributed by atoms with E-state index in [1.165, 1.54) is 12.0 Å². The minimum atomic E-state index is -0.784. The van der Waals surface area contributed by atoms with E-state index in [-0.39, 0.29) is 18.4 Å². The Kier molecular flexibility index (Phi) is 7.47. The van der Waals surface area contributed by atoms with E-state index in [9.17, 15) is 14.4 Å². The first-order valence-corrected chi connectivity index (χ1v) is 9.27. The number of amides is 2. The van der Waals surface area contributed by atoms with Crippen LogP contribution in [-0.2, 0) is 25.7 Å². The number of halogens is 1. The summed E-state index contributed by atoms with van der Waals surface area (Å²) in [6, 6.07) is 5.54. The molecule has 0 unspecified atom stereocenters. The summed E-state index contributed by atoms with van der Waals surface area (Å²) < 4.78 is 9.98. The summed E-state index contributed by atoms with van der Waals surface area (Å²) in [6.45, 7) is 4.18. The topological polar surface area (TPSA) is 84.9 Å². The van der Waals surface area contributed by atoms with Gasteiger partial charge in [0.05, 0.1) is 7.11 Å². The smallest absolute Gasteiger partial charge is 0.408 e. The number of likely N-dealkylation sites (tertiary alicyclic amines) is 1. The molecule has 1 fully saturated rings. The summed E-state index contributed by atoms with van der Waals surface area (Å²) in [5.74, 6) is -0.908. The Morgan fingerprint density at radius 3 is 2.52 bits per heavy atom. The summed E-state index contributed by atoms with van der Waals surface area (Å²) in [6.07, 6.45) is 0.590. The van der Waals surface area contributed by atoms with Gasteiger partial charge in [-0.3, -0.25) is 4.79 Å². The van der Waals surface area contributed by atoms with Crippen LogP contribution in [0.3, 0.4) is 0 Å². The first-order valence-electron chi connectivity index (χ1n) is 8.89. The number of nitrogens with zero attached hydrogens (tertiary/aromatic N) is 1. The van der Waals surface area contributed by atoms with Gasteiger partial charge in [0.2, 0.25) is 5.91 Å². The van der Waals surface area contributed by atoms with E-state index in [2.05, 4.69) is 5.32 Å². The van der Waals surface area contributed by atoms with E-state index in [4.69, 9.17) is 21.1 Å². The van der Waals surface area contributed by atoms with Crippen LogP contribution in [0, 0.1) is 5.92 Å². The van der Waals surface area contributed by atoms with Crippen molar-refractivity contribution in [3.05, 3.63) is 34.9 Å². The molecule has 0 saturated carbocycles. The van der Waals surface area contributed by atoms with Crippen molar-refractivity contribution in [2.45, 2.75) is 45.4 Å². The number of benzene rings is 1. The van der Waals surface area contributed by atoms with E-state index >= 15 is 0 Å². The van der Waals surface area contributed by atoms with E-state index in [0.717, 1.165) is 12.0 Å². The highest BCUT2D eigenvalue weighted by Gasteiger charge is 2.39. The van der Waals surface area contributed by atoms with Crippen molar-refractivity contribution in [2.75, 3.05) is 13.7 Å². The number of ether oxygens (including phenoxy) is 2. The number of rotatable bonds is 6. The SMILES string of the molecule is COC(=O)[C@@H]1CCCN1C(=O)[C@@H](NC(=O)OCc1ccc(Cl)cc1)C(C)C. The van der Waals surface area contributed by atoms with Crippen molar-refractivity contribution in [3.8, 4) is 0 Å². The second kappa shape index (κ2) is 9.60. The number of esters is 1. The van der Waals surface area contributed by atoms with Crippen molar-refractivity contribution >= 4 is 29.6 Å². The van der Waals surface area contributed by atoms with Gasteiger partial charge in [0.15, 0.2) is 0 Å². The van der Waals surface area contributed by atoms with Gasteiger partial charge < -0.3 is 19.7 Å². The van der Waals surface area contributed by atoms with Crippen LogP contribution in [0.4, 0.5) is 4.79 Å². The van der Waals surface area contributed by atoms with Gasteiger partial charge in [0, 0.05) is 11.6 Å². The molecule has 1 aliphatic heterocycles. The lowest BCUT2D eigenvalue weighted by atomic mass is 10.0. The third-order valence-electron chi connectivity index (χ3n) is 4.50. The largest absolute Gasteiger partial charge is 0.467 e. The molecule has 1 aliphatic rings. The lowest BCUT2D eigenvalue weighted by Gasteiger charge is -2.29. The molecule has 1 aromatic carbocycles.